The fourth-order valence-electron chi connectivity index (χ4n) is 1.68. The van der Waals surface area contributed by atoms with Gasteiger partial charge in [0.15, 0.2) is 5.67 Å². The molecule has 6 heteroatoms. The van der Waals surface area contributed by atoms with Crippen LogP contribution in [0.1, 0.15) is 19.4 Å². The van der Waals surface area contributed by atoms with Gasteiger partial charge < -0.3 is 10.5 Å². The average molecular weight is 265 g/mol. The van der Waals surface area contributed by atoms with Crippen LogP contribution in [-0.4, -0.2) is 12.9 Å². The van der Waals surface area contributed by atoms with Gasteiger partial charge in [-0.1, -0.05) is 32.0 Å². The van der Waals surface area contributed by atoms with Crippen LogP contribution in [0.4, 0.5) is 17.6 Å². The minimum atomic E-state index is -4.86. The van der Waals surface area contributed by atoms with Gasteiger partial charge in [0.05, 0.1) is 0 Å². The second kappa shape index (κ2) is 5.14. The summed E-state index contributed by atoms with van der Waals surface area (Å²) >= 11 is 0. The minimum Gasteiger partial charge on any atom is -0.405 e. The topological polar surface area (TPSA) is 35.2 Å². The molecule has 102 valence electrons. The Hall–Kier alpha value is -1.30. The maximum atomic E-state index is 14.6. The van der Waals surface area contributed by atoms with Crippen LogP contribution in [-0.2, 0) is 5.67 Å². The fourth-order valence-corrected chi connectivity index (χ4v) is 1.68. The molecule has 0 aliphatic rings. The van der Waals surface area contributed by atoms with Gasteiger partial charge in [0.1, 0.15) is 5.75 Å². The van der Waals surface area contributed by atoms with E-state index >= 15 is 0 Å². The zero-order chi connectivity index (χ0) is 14.0. The lowest BCUT2D eigenvalue weighted by molar-refractivity contribution is -0.275. The van der Waals surface area contributed by atoms with E-state index in [9.17, 15) is 17.6 Å². The van der Waals surface area contributed by atoms with Crippen molar-refractivity contribution in [2.75, 3.05) is 6.54 Å². The van der Waals surface area contributed by atoms with Gasteiger partial charge in [0.25, 0.3) is 0 Å². The van der Waals surface area contributed by atoms with E-state index in [2.05, 4.69) is 4.74 Å². The molecule has 0 bridgehead atoms. The van der Waals surface area contributed by atoms with Crippen molar-refractivity contribution in [3.63, 3.8) is 0 Å². The largest absolute Gasteiger partial charge is 0.573 e. The van der Waals surface area contributed by atoms with E-state index in [0.29, 0.717) is 0 Å². The third kappa shape index (κ3) is 3.13. The lowest BCUT2D eigenvalue weighted by Gasteiger charge is -2.30. The molecule has 0 amide bonds. The summed E-state index contributed by atoms with van der Waals surface area (Å²) < 4.78 is 55.2. The molecule has 0 saturated heterocycles. The Morgan fingerprint density at radius 2 is 1.72 bits per heavy atom. The quantitative estimate of drug-likeness (QED) is 0.847. The van der Waals surface area contributed by atoms with Crippen LogP contribution in [0, 0.1) is 5.92 Å². The van der Waals surface area contributed by atoms with E-state index in [1.165, 1.54) is 18.2 Å². The van der Waals surface area contributed by atoms with Gasteiger partial charge in [-0.2, -0.15) is 0 Å². The van der Waals surface area contributed by atoms with Gasteiger partial charge in [-0.15, -0.1) is 13.2 Å². The molecule has 1 rings (SSSR count). The first-order chi connectivity index (χ1) is 8.20. The van der Waals surface area contributed by atoms with E-state index in [1.54, 1.807) is 13.8 Å². The van der Waals surface area contributed by atoms with Crippen LogP contribution in [0.3, 0.4) is 0 Å². The molecule has 0 heterocycles. The molecule has 1 aromatic carbocycles. The molecule has 0 spiro atoms. The Labute approximate surface area is 103 Å². The molecule has 0 fully saturated rings. The smallest absolute Gasteiger partial charge is 0.405 e. The zero-order valence-electron chi connectivity index (χ0n) is 10.1. The summed E-state index contributed by atoms with van der Waals surface area (Å²) in [4.78, 5) is 0. The molecule has 1 aromatic rings. The van der Waals surface area contributed by atoms with E-state index in [-0.39, 0.29) is 5.56 Å². The van der Waals surface area contributed by atoms with Crippen molar-refractivity contribution >= 4 is 0 Å². The lowest BCUT2D eigenvalue weighted by atomic mass is 9.84. The van der Waals surface area contributed by atoms with Crippen LogP contribution in [0.15, 0.2) is 24.3 Å². The van der Waals surface area contributed by atoms with Crippen LogP contribution >= 0.6 is 0 Å². The molecule has 0 radical (unpaired) electrons. The minimum absolute atomic E-state index is 0.181. The first-order valence-corrected chi connectivity index (χ1v) is 5.45. The molecule has 0 aliphatic carbocycles. The van der Waals surface area contributed by atoms with E-state index in [1.807, 2.05) is 0 Å². The highest BCUT2D eigenvalue weighted by Gasteiger charge is 2.40. The Kier molecular flexibility index (Phi) is 4.21. The van der Waals surface area contributed by atoms with E-state index in [4.69, 9.17) is 5.73 Å². The Balaban J connectivity index is 3.24. The monoisotopic (exact) mass is 265 g/mol. The van der Waals surface area contributed by atoms with Gasteiger partial charge in [0, 0.05) is 12.1 Å². The molecule has 2 nitrogen and oxygen atoms in total. The molecule has 0 aliphatic heterocycles. The SMILES string of the molecule is CC(C)C(F)(CN)c1ccccc1OC(F)(F)F. The number of hydrogen-bond acceptors (Lipinski definition) is 2. The summed E-state index contributed by atoms with van der Waals surface area (Å²) in [7, 11) is 0. The van der Waals surface area contributed by atoms with Gasteiger partial charge >= 0.3 is 6.36 Å². The lowest BCUT2D eigenvalue weighted by Crippen LogP contribution is -2.36. The molecular weight excluding hydrogens is 250 g/mol. The van der Waals surface area contributed by atoms with Crippen molar-refractivity contribution in [1.82, 2.24) is 0 Å². The third-order valence-corrected chi connectivity index (χ3v) is 2.77. The molecule has 1 unspecified atom stereocenters. The first-order valence-electron chi connectivity index (χ1n) is 5.45. The van der Waals surface area contributed by atoms with Crippen molar-refractivity contribution in [3.8, 4) is 5.75 Å². The molecule has 18 heavy (non-hydrogen) atoms. The Morgan fingerprint density at radius 3 is 2.17 bits per heavy atom. The number of para-hydroxylation sites is 1. The number of benzene rings is 1. The summed E-state index contributed by atoms with van der Waals surface area (Å²) in [5, 5.41) is 0. The molecule has 0 saturated carbocycles. The molecule has 0 aromatic heterocycles. The summed E-state index contributed by atoms with van der Waals surface area (Å²) in [6, 6.07) is 5.13. The van der Waals surface area contributed by atoms with Crippen LogP contribution in [0.5, 0.6) is 5.75 Å². The van der Waals surface area contributed by atoms with Crippen LogP contribution in [0.25, 0.3) is 0 Å². The van der Waals surface area contributed by atoms with E-state index < -0.39 is 30.2 Å². The highest BCUT2D eigenvalue weighted by atomic mass is 19.4. The molecule has 2 N–H and O–H groups in total. The van der Waals surface area contributed by atoms with Crippen LogP contribution in [0.2, 0.25) is 0 Å². The summed E-state index contributed by atoms with van der Waals surface area (Å²) in [6.07, 6.45) is -4.86. The number of rotatable bonds is 4. The zero-order valence-corrected chi connectivity index (χ0v) is 10.1. The average Bonchev–Trinajstić information content (AvgIpc) is 2.26. The second-order valence-electron chi connectivity index (χ2n) is 4.27. The predicted octanol–water partition coefficient (Wildman–Crippen LogP) is 3.36. The maximum Gasteiger partial charge on any atom is 0.573 e. The highest BCUT2D eigenvalue weighted by molar-refractivity contribution is 5.39. The van der Waals surface area contributed by atoms with Gasteiger partial charge in [-0.3, -0.25) is 0 Å². The van der Waals surface area contributed by atoms with Crippen molar-refractivity contribution in [1.29, 1.82) is 0 Å². The summed E-state index contributed by atoms with van der Waals surface area (Å²) in [5.74, 6) is -1.12. The van der Waals surface area contributed by atoms with E-state index in [0.717, 1.165) is 6.07 Å². The standard InChI is InChI=1S/C12H15F4NO/c1-8(2)11(13,7-17)9-5-3-4-6-10(9)18-12(14,15)16/h3-6,8H,7,17H2,1-2H3. The first kappa shape index (κ1) is 14.8. The van der Waals surface area contributed by atoms with Crippen molar-refractivity contribution in [3.05, 3.63) is 29.8 Å². The summed E-state index contributed by atoms with van der Waals surface area (Å²) in [6.45, 7) is 2.69. The number of hydrogen-bond donors (Lipinski definition) is 1. The summed E-state index contributed by atoms with van der Waals surface area (Å²) in [5.41, 5.74) is 3.13. The normalized spacial score (nSPS) is 15.6. The number of halogens is 4. The molecule has 1 atom stereocenters. The van der Waals surface area contributed by atoms with Gasteiger partial charge in [-0.25, -0.2) is 4.39 Å². The van der Waals surface area contributed by atoms with Crippen molar-refractivity contribution in [2.45, 2.75) is 25.9 Å². The second-order valence-corrected chi connectivity index (χ2v) is 4.27. The number of nitrogens with two attached hydrogens (primary N) is 1. The van der Waals surface area contributed by atoms with Crippen molar-refractivity contribution in [2.24, 2.45) is 11.7 Å². The van der Waals surface area contributed by atoms with Gasteiger partial charge in [-0.05, 0) is 12.0 Å². The van der Waals surface area contributed by atoms with Crippen molar-refractivity contribution < 1.29 is 22.3 Å². The fraction of sp³-hybridized carbons (Fsp3) is 0.500. The Morgan fingerprint density at radius 1 is 1.17 bits per heavy atom. The number of alkyl halides is 4. The predicted molar refractivity (Wildman–Crippen MR) is 59.8 cm³/mol. The Bertz CT molecular complexity index is 405. The van der Waals surface area contributed by atoms with Gasteiger partial charge in [0.2, 0.25) is 0 Å². The maximum absolute atomic E-state index is 14.6. The van der Waals surface area contributed by atoms with Crippen LogP contribution < -0.4 is 10.5 Å². The highest BCUT2D eigenvalue weighted by Crippen LogP contribution is 2.40. The number of ether oxygens (including phenoxy) is 1. The molecular formula is C12H15F4NO. The third-order valence-electron chi connectivity index (χ3n) is 2.77.